The van der Waals surface area contributed by atoms with Gasteiger partial charge in [-0.05, 0) is 32.9 Å². The van der Waals surface area contributed by atoms with E-state index >= 15 is 0 Å². The first-order chi connectivity index (χ1) is 7.72. The zero-order chi connectivity index (χ0) is 11.8. The SMILES string of the molecule is C#CCNC(=O)CCNCc1csc(Br)c1.Cl. The van der Waals surface area contributed by atoms with Crippen molar-refractivity contribution in [3.05, 3.63) is 20.8 Å². The lowest BCUT2D eigenvalue weighted by molar-refractivity contribution is -0.120. The van der Waals surface area contributed by atoms with Gasteiger partial charge >= 0.3 is 0 Å². The minimum Gasteiger partial charge on any atom is -0.345 e. The number of carbonyl (C=O) groups is 1. The summed E-state index contributed by atoms with van der Waals surface area (Å²) in [5, 5.41) is 7.89. The summed E-state index contributed by atoms with van der Waals surface area (Å²) in [4.78, 5) is 11.2. The predicted octanol–water partition coefficient (Wildman–Crippen LogP) is 2.16. The monoisotopic (exact) mass is 336 g/mol. The van der Waals surface area contributed by atoms with E-state index in [-0.39, 0.29) is 18.3 Å². The quantitative estimate of drug-likeness (QED) is 0.617. The molecular formula is C11H14BrClN2OS. The van der Waals surface area contributed by atoms with E-state index < -0.39 is 0 Å². The molecule has 0 saturated carbocycles. The maximum atomic E-state index is 11.2. The number of rotatable bonds is 6. The predicted molar refractivity (Wildman–Crippen MR) is 77.4 cm³/mol. The average molecular weight is 338 g/mol. The van der Waals surface area contributed by atoms with E-state index in [0.717, 1.165) is 10.3 Å². The number of hydrogen-bond donors (Lipinski definition) is 2. The van der Waals surface area contributed by atoms with Crippen molar-refractivity contribution < 1.29 is 4.79 Å². The van der Waals surface area contributed by atoms with Crippen molar-refractivity contribution in [3.63, 3.8) is 0 Å². The Morgan fingerprint density at radius 2 is 2.35 bits per heavy atom. The lowest BCUT2D eigenvalue weighted by Gasteiger charge is -2.03. The van der Waals surface area contributed by atoms with Crippen molar-refractivity contribution in [3.8, 4) is 12.3 Å². The van der Waals surface area contributed by atoms with Crippen LogP contribution >= 0.6 is 39.7 Å². The van der Waals surface area contributed by atoms with E-state index in [0.29, 0.717) is 19.5 Å². The van der Waals surface area contributed by atoms with Gasteiger partial charge in [0.2, 0.25) is 5.91 Å². The first-order valence-electron chi connectivity index (χ1n) is 4.86. The van der Waals surface area contributed by atoms with Crippen LogP contribution in [0, 0.1) is 12.3 Å². The van der Waals surface area contributed by atoms with E-state index in [1.807, 2.05) is 0 Å². The molecular weight excluding hydrogens is 324 g/mol. The van der Waals surface area contributed by atoms with Gasteiger partial charge in [0.15, 0.2) is 0 Å². The summed E-state index contributed by atoms with van der Waals surface area (Å²) in [6, 6.07) is 2.07. The summed E-state index contributed by atoms with van der Waals surface area (Å²) in [6.07, 6.45) is 5.48. The second-order valence-corrected chi connectivity index (χ2v) is 5.46. The van der Waals surface area contributed by atoms with Crippen molar-refractivity contribution in [2.24, 2.45) is 0 Å². The fourth-order valence-corrected chi connectivity index (χ4v) is 2.32. The minimum absolute atomic E-state index is 0. The minimum atomic E-state index is -0.0167. The van der Waals surface area contributed by atoms with Crippen molar-refractivity contribution in [1.82, 2.24) is 10.6 Å². The Kier molecular flexibility index (Phi) is 9.18. The van der Waals surface area contributed by atoms with E-state index in [9.17, 15) is 4.79 Å². The lowest BCUT2D eigenvalue weighted by Crippen LogP contribution is -2.27. The second-order valence-electron chi connectivity index (χ2n) is 3.17. The van der Waals surface area contributed by atoms with Crippen LogP contribution in [0.25, 0.3) is 0 Å². The summed E-state index contributed by atoms with van der Waals surface area (Å²) >= 11 is 5.06. The van der Waals surface area contributed by atoms with Crippen LogP contribution in [0.3, 0.4) is 0 Å². The number of halogens is 2. The number of carbonyl (C=O) groups excluding carboxylic acids is 1. The van der Waals surface area contributed by atoms with E-state index in [1.54, 1.807) is 11.3 Å². The molecule has 1 amide bonds. The molecule has 0 aromatic carbocycles. The zero-order valence-electron chi connectivity index (χ0n) is 9.16. The second kappa shape index (κ2) is 9.49. The number of thiophene rings is 1. The van der Waals surface area contributed by atoms with Crippen LogP contribution in [0.4, 0.5) is 0 Å². The molecule has 1 aromatic heterocycles. The van der Waals surface area contributed by atoms with Crippen molar-refractivity contribution in [1.29, 1.82) is 0 Å². The van der Waals surface area contributed by atoms with Gasteiger partial charge in [0.1, 0.15) is 0 Å². The van der Waals surface area contributed by atoms with E-state index in [4.69, 9.17) is 6.42 Å². The van der Waals surface area contributed by atoms with Crippen molar-refractivity contribution >= 4 is 45.6 Å². The average Bonchev–Trinajstić information content (AvgIpc) is 2.67. The third kappa shape index (κ3) is 7.40. The number of hydrogen-bond acceptors (Lipinski definition) is 3. The highest BCUT2D eigenvalue weighted by Crippen LogP contribution is 2.20. The van der Waals surface area contributed by atoms with Crippen LogP contribution in [0.15, 0.2) is 15.2 Å². The molecule has 1 rings (SSSR count). The number of nitrogens with one attached hydrogen (secondary N) is 2. The van der Waals surface area contributed by atoms with Crippen LogP contribution in [0.2, 0.25) is 0 Å². The summed E-state index contributed by atoms with van der Waals surface area (Å²) < 4.78 is 1.12. The molecule has 1 aromatic rings. The van der Waals surface area contributed by atoms with E-state index in [1.165, 1.54) is 5.56 Å². The maximum Gasteiger partial charge on any atom is 0.222 e. The van der Waals surface area contributed by atoms with Gasteiger partial charge in [-0.3, -0.25) is 4.79 Å². The molecule has 0 spiro atoms. The van der Waals surface area contributed by atoms with Gasteiger partial charge in [0, 0.05) is 19.5 Å². The van der Waals surface area contributed by atoms with Crippen LogP contribution in [-0.4, -0.2) is 19.0 Å². The molecule has 0 aliphatic rings. The molecule has 0 bridgehead atoms. The molecule has 0 unspecified atom stereocenters. The Bertz CT molecular complexity index is 389. The van der Waals surface area contributed by atoms with Gasteiger partial charge in [-0.2, -0.15) is 0 Å². The van der Waals surface area contributed by atoms with Gasteiger partial charge < -0.3 is 10.6 Å². The Morgan fingerprint density at radius 3 is 2.94 bits per heavy atom. The Balaban J connectivity index is 0.00000256. The van der Waals surface area contributed by atoms with Crippen molar-refractivity contribution in [2.75, 3.05) is 13.1 Å². The third-order valence-electron chi connectivity index (χ3n) is 1.87. The number of amides is 1. The Labute approximate surface area is 120 Å². The fraction of sp³-hybridized carbons (Fsp3) is 0.364. The molecule has 0 saturated heterocycles. The smallest absolute Gasteiger partial charge is 0.222 e. The van der Waals surface area contributed by atoms with Gasteiger partial charge in [-0.15, -0.1) is 30.2 Å². The topological polar surface area (TPSA) is 41.1 Å². The molecule has 3 nitrogen and oxygen atoms in total. The van der Waals surface area contributed by atoms with Gasteiger partial charge in [-0.25, -0.2) is 0 Å². The highest BCUT2D eigenvalue weighted by atomic mass is 79.9. The van der Waals surface area contributed by atoms with Crippen LogP contribution < -0.4 is 10.6 Å². The largest absolute Gasteiger partial charge is 0.345 e. The zero-order valence-corrected chi connectivity index (χ0v) is 12.4. The summed E-state index contributed by atoms with van der Waals surface area (Å²) in [5.41, 5.74) is 1.22. The summed E-state index contributed by atoms with van der Waals surface area (Å²) in [7, 11) is 0. The summed E-state index contributed by atoms with van der Waals surface area (Å²) in [6.45, 7) is 1.74. The first-order valence-corrected chi connectivity index (χ1v) is 6.53. The lowest BCUT2D eigenvalue weighted by atomic mass is 10.3. The molecule has 0 fully saturated rings. The molecule has 17 heavy (non-hydrogen) atoms. The fourth-order valence-electron chi connectivity index (χ4n) is 1.11. The third-order valence-corrected chi connectivity index (χ3v) is 3.42. The Morgan fingerprint density at radius 1 is 1.59 bits per heavy atom. The molecule has 0 aliphatic heterocycles. The first kappa shape index (κ1) is 16.5. The van der Waals surface area contributed by atoms with Gasteiger partial charge in [-0.1, -0.05) is 5.92 Å². The number of terminal acetylenes is 1. The van der Waals surface area contributed by atoms with Crippen LogP contribution in [-0.2, 0) is 11.3 Å². The highest BCUT2D eigenvalue weighted by molar-refractivity contribution is 9.11. The van der Waals surface area contributed by atoms with Crippen molar-refractivity contribution in [2.45, 2.75) is 13.0 Å². The molecule has 0 radical (unpaired) electrons. The normalized spacial score (nSPS) is 9.18. The van der Waals surface area contributed by atoms with E-state index in [2.05, 4.69) is 43.9 Å². The molecule has 94 valence electrons. The van der Waals surface area contributed by atoms with Gasteiger partial charge in [0.05, 0.1) is 10.3 Å². The maximum absolute atomic E-state index is 11.2. The molecule has 0 atom stereocenters. The molecule has 2 N–H and O–H groups in total. The summed E-state index contributed by atoms with van der Waals surface area (Å²) in [5.74, 6) is 2.34. The standard InChI is InChI=1S/C11H13BrN2OS.ClH/c1-2-4-14-11(15)3-5-13-7-9-6-10(12)16-8-9;/h1,6,8,13H,3-5,7H2,(H,14,15);1H. The Hall–Kier alpha value is -0.540. The molecule has 1 heterocycles. The molecule has 6 heteroatoms. The molecule has 0 aliphatic carbocycles. The highest BCUT2D eigenvalue weighted by Gasteiger charge is 2.00. The van der Waals surface area contributed by atoms with Crippen LogP contribution in [0.1, 0.15) is 12.0 Å². The van der Waals surface area contributed by atoms with Crippen LogP contribution in [0.5, 0.6) is 0 Å². The van der Waals surface area contributed by atoms with Gasteiger partial charge in [0.25, 0.3) is 0 Å².